The van der Waals surface area contributed by atoms with Crippen LogP contribution in [0.1, 0.15) is 35.6 Å². The van der Waals surface area contributed by atoms with Gasteiger partial charge < -0.3 is 10.2 Å². The molecule has 0 aliphatic carbocycles. The molecule has 4 amide bonds. The van der Waals surface area contributed by atoms with E-state index in [1.165, 1.54) is 16.7 Å². The molecule has 8 heteroatoms. The molecule has 0 radical (unpaired) electrons. The number of aliphatic imine (C=N–C) groups is 1. The van der Waals surface area contributed by atoms with Crippen molar-refractivity contribution >= 4 is 23.7 Å². The molecule has 0 spiro atoms. The number of amidine groups is 1. The van der Waals surface area contributed by atoms with E-state index in [9.17, 15) is 14.4 Å². The highest BCUT2D eigenvalue weighted by Gasteiger charge is 2.50. The van der Waals surface area contributed by atoms with Crippen LogP contribution in [0.3, 0.4) is 0 Å². The van der Waals surface area contributed by atoms with Crippen LogP contribution in [0.2, 0.25) is 0 Å². The topological polar surface area (TPSA) is 103 Å². The van der Waals surface area contributed by atoms with Crippen LogP contribution < -0.4 is 16.0 Å². The highest BCUT2D eigenvalue weighted by Crippen LogP contribution is 2.30. The van der Waals surface area contributed by atoms with Gasteiger partial charge in [0, 0.05) is 26.1 Å². The van der Waals surface area contributed by atoms with Crippen molar-refractivity contribution in [3.8, 4) is 0 Å². The van der Waals surface area contributed by atoms with Crippen LogP contribution in [0.4, 0.5) is 4.79 Å². The number of imide groups is 2. The van der Waals surface area contributed by atoms with Crippen LogP contribution in [0.15, 0.2) is 126 Å². The summed E-state index contributed by atoms with van der Waals surface area (Å²) in [4.78, 5) is 41.7. The van der Waals surface area contributed by atoms with Crippen molar-refractivity contribution in [3.05, 3.63) is 144 Å². The summed E-state index contributed by atoms with van der Waals surface area (Å²) in [6, 6.07) is 39.8. The molecule has 4 aromatic rings. The van der Waals surface area contributed by atoms with Crippen molar-refractivity contribution in [2.75, 3.05) is 33.2 Å². The summed E-state index contributed by atoms with van der Waals surface area (Å²) in [6.45, 7) is 5.92. The van der Waals surface area contributed by atoms with Crippen molar-refractivity contribution in [3.63, 3.8) is 0 Å². The second-order valence-electron chi connectivity index (χ2n) is 11.6. The van der Waals surface area contributed by atoms with Gasteiger partial charge in [-0.2, -0.15) is 0 Å². The number of hydrogen-bond acceptors (Lipinski definition) is 6. The van der Waals surface area contributed by atoms with Crippen LogP contribution in [-0.4, -0.2) is 61.8 Å². The van der Waals surface area contributed by atoms with Crippen LogP contribution in [-0.2, 0) is 34.3 Å². The van der Waals surface area contributed by atoms with Crippen molar-refractivity contribution in [2.24, 2.45) is 4.99 Å². The van der Waals surface area contributed by atoms with Gasteiger partial charge in [0.2, 0.25) is 11.8 Å². The van der Waals surface area contributed by atoms with Gasteiger partial charge in [0.1, 0.15) is 5.84 Å². The van der Waals surface area contributed by atoms with Gasteiger partial charge in [0.15, 0.2) is 5.41 Å². The molecule has 0 bridgehead atoms. The molecule has 1 fully saturated rings. The highest BCUT2D eigenvalue weighted by molar-refractivity contribution is 6.22. The number of rotatable bonds is 10. The summed E-state index contributed by atoms with van der Waals surface area (Å²) in [7, 11) is 2.20. The van der Waals surface area contributed by atoms with Crippen LogP contribution in [0, 0.1) is 0 Å². The molecular formula is C39H45N5O3. The first-order chi connectivity index (χ1) is 22.9. The largest absolute Gasteiger partial charge is 0.372 e. The van der Waals surface area contributed by atoms with Crippen LogP contribution >= 0.6 is 0 Å². The Morgan fingerprint density at radius 2 is 1.11 bits per heavy atom. The molecule has 47 heavy (non-hydrogen) atoms. The molecule has 2 aliphatic heterocycles. The summed E-state index contributed by atoms with van der Waals surface area (Å²) in [5, 5.41) is 7.54. The van der Waals surface area contributed by atoms with Gasteiger partial charge in [-0.15, -0.1) is 0 Å². The number of benzene rings is 4. The standard InChI is InChI=1S/C17H21N.C12H12N2O3.C10H12N2/c1-18(14-12-16-8-4-2-5-9-16)15-13-17-10-6-3-7-11-17;1-2-12(8-6-4-3-5-7-8)9(15)13-11(17)14-10(12)16;1-2-4-9(5-3-1)8-10-11-6-7-12-10/h2-11H,12-15H2,1H3;3-7H,2H2,1H3,(H2,13,14,15,16,17);1-5H,6-8H2,(H,11,12). The molecule has 1 saturated heterocycles. The van der Waals surface area contributed by atoms with E-state index in [4.69, 9.17) is 0 Å². The first-order valence-electron chi connectivity index (χ1n) is 16.2. The minimum absolute atomic E-state index is 0.294. The van der Waals surface area contributed by atoms with Crippen LogP contribution in [0.5, 0.6) is 0 Å². The predicted octanol–water partition coefficient (Wildman–Crippen LogP) is 5.33. The fourth-order valence-electron chi connectivity index (χ4n) is 5.46. The van der Waals surface area contributed by atoms with Crippen molar-refractivity contribution < 1.29 is 14.4 Å². The Kier molecular flexibility index (Phi) is 13.4. The lowest BCUT2D eigenvalue weighted by Gasteiger charge is -2.33. The SMILES string of the molecule is CCC1(c2ccccc2)C(=O)NC(=O)NC1=O.CN(CCc1ccccc1)CCc1ccccc1.c1ccc(CC2=NCCN2)cc1. The Labute approximate surface area is 278 Å². The fourth-order valence-corrected chi connectivity index (χ4v) is 5.46. The number of nitrogens with one attached hydrogen (secondary N) is 3. The number of carbonyl (C=O) groups is 3. The molecule has 0 saturated carbocycles. The fraction of sp³-hybridized carbons (Fsp3) is 0.282. The second-order valence-corrected chi connectivity index (χ2v) is 11.6. The Morgan fingerprint density at radius 3 is 1.53 bits per heavy atom. The molecule has 0 atom stereocenters. The van der Waals surface area contributed by atoms with E-state index in [-0.39, 0.29) is 0 Å². The lowest BCUT2D eigenvalue weighted by molar-refractivity contribution is -0.138. The lowest BCUT2D eigenvalue weighted by atomic mass is 9.75. The molecule has 4 aromatic carbocycles. The van der Waals surface area contributed by atoms with Gasteiger partial charge in [0.05, 0.1) is 6.54 Å². The maximum absolute atomic E-state index is 12.0. The molecule has 0 aromatic heterocycles. The average Bonchev–Trinajstić information content (AvgIpc) is 3.62. The quantitative estimate of drug-likeness (QED) is 0.205. The van der Waals surface area contributed by atoms with Gasteiger partial charge >= 0.3 is 6.03 Å². The predicted molar refractivity (Wildman–Crippen MR) is 188 cm³/mol. The maximum Gasteiger partial charge on any atom is 0.328 e. The number of urea groups is 1. The van der Waals surface area contributed by atoms with Crippen molar-refractivity contribution in [2.45, 2.75) is 38.0 Å². The normalized spacial score (nSPS) is 14.8. The molecule has 3 N–H and O–H groups in total. The molecule has 0 unspecified atom stereocenters. The molecular weight excluding hydrogens is 586 g/mol. The minimum atomic E-state index is -1.31. The molecule has 2 aliphatic rings. The Bertz CT molecular complexity index is 1510. The van der Waals surface area contributed by atoms with Crippen molar-refractivity contribution in [1.29, 1.82) is 0 Å². The number of barbiturate groups is 1. The zero-order chi connectivity index (χ0) is 33.3. The van der Waals surface area contributed by atoms with E-state index in [2.05, 4.69) is 118 Å². The van der Waals surface area contributed by atoms with Gasteiger partial charge in [-0.25, -0.2) is 4.79 Å². The third-order valence-corrected chi connectivity index (χ3v) is 8.23. The van der Waals surface area contributed by atoms with E-state index < -0.39 is 23.3 Å². The second kappa shape index (κ2) is 18.2. The van der Waals surface area contributed by atoms with E-state index in [0.717, 1.165) is 51.3 Å². The van der Waals surface area contributed by atoms with Crippen LogP contribution in [0.25, 0.3) is 0 Å². The summed E-state index contributed by atoms with van der Waals surface area (Å²) in [5.41, 5.74) is 3.44. The zero-order valence-corrected chi connectivity index (χ0v) is 27.3. The Balaban J connectivity index is 0.000000163. The Hall–Kier alpha value is -5.08. The van der Waals surface area contributed by atoms with Gasteiger partial charge in [-0.3, -0.25) is 25.2 Å². The third kappa shape index (κ3) is 10.5. The first-order valence-corrected chi connectivity index (χ1v) is 16.2. The monoisotopic (exact) mass is 631 g/mol. The maximum atomic E-state index is 12.0. The van der Waals surface area contributed by atoms with Crippen molar-refractivity contribution in [1.82, 2.24) is 20.9 Å². The first kappa shape index (κ1) is 34.8. The van der Waals surface area contributed by atoms with Gasteiger partial charge in [0.25, 0.3) is 0 Å². The average molecular weight is 632 g/mol. The number of carbonyl (C=O) groups excluding carboxylic acids is 3. The number of likely N-dealkylation sites (N-methyl/N-ethyl adjacent to an activating group) is 1. The van der Waals surface area contributed by atoms with E-state index in [0.29, 0.717) is 12.0 Å². The Morgan fingerprint density at radius 1 is 0.660 bits per heavy atom. The summed E-state index contributed by atoms with van der Waals surface area (Å²) < 4.78 is 0. The smallest absolute Gasteiger partial charge is 0.328 e. The number of amides is 4. The zero-order valence-electron chi connectivity index (χ0n) is 27.3. The van der Waals surface area contributed by atoms with E-state index in [1.807, 2.05) is 6.07 Å². The van der Waals surface area contributed by atoms with E-state index >= 15 is 0 Å². The van der Waals surface area contributed by atoms with Gasteiger partial charge in [-0.05, 0) is 48.6 Å². The van der Waals surface area contributed by atoms with E-state index in [1.54, 1.807) is 37.3 Å². The molecule has 8 nitrogen and oxygen atoms in total. The number of nitrogens with zero attached hydrogens (tertiary/aromatic N) is 2. The number of hydrogen-bond donors (Lipinski definition) is 3. The minimum Gasteiger partial charge on any atom is -0.372 e. The summed E-state index contributed by atoms with van der Waals surface area (Å²) in [6.07, 6.45) is 3.50. The molecule has 244 valence electrons. The lowest BCUT2D eigenvalue weighted by Crippen LogP contribution is -2.64. The highest BCUT2D eigenvalue weighted by atomic mass is 16.2. The van der Waals surface area contributed by atoms with Gasteiger partial charge in [-0.1, -0.05) is 128 Å². The summed E-state index contributed by atoms with van der Waals surface area (Å²) in [5.74, 6) is -0.0129. The molecule has 6 rings (SSSR count). The third-order valence-electron chi connectivity index (χ3n) is 8.23. The molecule has 2 heterocycles. The summed E-state index contributed by atoms with van der Waals surface area (Å²) >= 11 is 0.